The number of ether oxygens (including phenoxy) is 1. The first-order chi connectivity index (χ1) is 8.58. The molecule has 0 heterocycles. The second-order valence-electron chi connectivity index (χ2n) is 5.94. The summed E-state index contributed by atoms with van der Waals surface area (Å²) in [7, 11) is 3.62. The minimum absolute atomic E-state index is 0.146. The summed E-state index contributed by atoms with van der Waals surface area (Å²) in [5.41, 5.74) is 5.96. The number of carbonyl (C=O) groups is 1. The van der Waals surface area contributed by atoms with E-state index in [1.807, 2.05) is 11.9 Å². The van der Waals surface area contributed by atoms with E-state index in [-0.39, 0.29) is 23.6 Å². The largest absolute Gasteiger partial charge is 0.378 e. The van der Waals surface area contributed by atoms with Crippen molar-refractivity contribution in [1.29, 1.82) is 0 Å². The van der Waals surface area contributed by atoms with Gasteiger partial charge in [0.15, 0.2) is 0 Å². The van der Waals surface area contributed by atoms with Crippen LogP contribution in [0.25, 0.3) is 0 Å². The van der Waals surface area contributed by atoms with Gasteiger partial charge < -0.3 is 15.4 Å². The summed E-state index contributed by atoms with van der Waals surface area (Å²) in [6.07, 6.45) is 8.19. The molecule has 2 rings (SSSR count). The Morgan fingerprint density at radius 1 is 1.33 bits per heavy atom. The van der Waals surface area contributed by atoms with Gasteiger partial charge >= 0.3 is 0 Å². The van der Waals surface area contributed by atoms with Crippen LogP contribution >= 0.6 is 0 Å². The van der Waals surface area contributed by atoms with Crippen molar-refractivity contribution in [3.8, 4) is 0 Å². The van der Waals surface area contributed by atoms with Crippen molar-refractivity contribution in [2.24, 2.45) is 5.73 Å². The molecule has 0 aromatic heterocycles. The summed E-state index contributed by atoms with van der Waals surface area (Å²) < 4.78 is 5.53. The maximum atomic E-state index is 12.3. The van der Waals surface area contributed by atoms with Crippen molar-refractivity contribution in [2.75, 3.05) is 14.2 Å². The third kappa shape index (κ3) is 2.69. The van der Waals surface area contributed by atoms with Gasteiger partial charge in [0.1, 0.15) is 0 Å². The van der Waals surface area contributed by atoms with E-state index in [0.717, 1.165) is 25.7 Å². The monoisotopic (exact) mass is 254 g/mol. The summed E-state index contributed by atoms with van der Waals surface area (Å²) in [5, 5.41) is 0. The predicted molar refractivity (Wildman–Crippen MR) is 71.2 cm³/mol. The Morgan fingerprint density at radius 2 is 2.00 bits per heavy atom. The molecule has 2 aliphatic carbocycles. The fourth-order valence-corrected chi connectivity index (χ4v) is 3.23. The second kappa shape index (κ2) is 5.57. The summed E-state index contributed by atoms with van der Waals surface area (Å²) in [6, 6.07) is 0.368. The maximum absolute atomic E-state index is 12.3. The molecule has 104 valence electrons. The lowest BCUT2D eigenvalue weighted by Gasteiger charge is -2.42. The quantitative estimate of drug-likeness (QED) is 0.830. The standard InChI is InChI=1S/C14H26N2O2/c1-16(12-7-4-3-6-11(12)15)13(17)10-14(18-2)8-5-9-14/h11-12H,3-10,15H2,1-2H3. The Balaban J connectivity index is 1.91. The van der Waals surface area contributed by atoms with E-state index in [1.54, 1.807) is 7.11 Å². The van der Waals surface area contributed by atoms with E-state index in [9.17, 15) is 4.79 Å². The lowest BCUT2D eigenvalue weighted by Crippen LogP contribution is -2.52. The topological polar surface area (TPSA) is 55.6 Å². The molecule has 2 saturated carbocycles. The molecule has 2 aliphatic rings. The summed E-state index contributed by atoms with van der Waals surface area (Å²) in [5.74, 6) is 0.193. The third-order valence-corrected chi connectivity index (χ3v) is 4.84. The number of likely N-dealkylation sites (N-methyl/N-ethyl adjacent to an activating group) is 1. The number of nitrogens with two attached hydrogens (primary N) is 1. The molecule has 2 fully saturated rings. The first-order valence-corrected chi connectivity index (χ1v) is 7.14. The lowest BCUT2D eigenvalue weighted by atomic mass is 9.77. The second-order valence-corrected chi connectivity index (χ2v) is 5.94. The van der Waals surface area contributed by atoms with Crippen LogP contribution in [0.2, 0.25) is 0 Å². The van der Waals surface area contributed by atoms with Gasteiger partial charge in [0.2, 0.25) is 5.91 Å². The van der Waals surface area contributed by atoms with E-state index in [4.69, 9.17) is 10.5 Å². The zero-order valence-corrected chi connectivity index (χ0v) is 11.7. The Bertz CT molecular complexity index is 297. The molecule has 1 amide bonds. The molecule has 0 radical (unpaired) electrons. The Hall–Kier alpha value is -0.610. The van der Waals surface area contributed by atoms with Gasteiger partial charge in [0.05, 0.1) is 12.0 Å². The van der Waals surface area contributed by atoms with Gasteiger partial charge in [0.25, 0.3) is 0 Å². The molecule has 0 spiro atoms. The van der Waals surface area contributed by atoms with Crippen LogP contribution < -0.4 is 5.73 Å². The van der Waals surface area contributed by atoms with Crippen molar-refractivity contribution >= 4 is 5.91 Å². The first kappa shape index (κ1) is 13.8. The zero-order chi connectivity index (χ0) is 13.2. The normalized spacial score (nSPS) is 30.6. The SMILES string of the molecule is COC1(CC(=O)N(C)C2CCCCC2N)CCC1. The smallest absolute Gasteiger partial charge is 0.225 e. The molecule has 2 N–H and O–H groups in total. The summed E-state index contributed by atoms with van der Waals surface area (Å²) in [4.78, 5) is 14.2. The summed E-state index contributed by atoms with van der Waals surface area (Å²) in [6.45, 7) is 0. The highest BCUT2D eigenvalue weighted by Crippen LogP contribution is 2.38. The highest BCUT2D eigenvalue weighted by Gasteiger charge is 2.41. The van der Waals surface area contributed by atoms with E-state index < -0.39 is 0 Å². The number of methoxy groups -OCH3 is 1. The number of hydrogen-bond acceptors (Lipinski definition) is 3. The van der Waals surface area contributed by atoms with E-state index in [0.29, 0.717) is 6.42 Å². The molecule has 0 aromatic rings. The van der Waals surface area contributed by atoms with Crippen LogP contribution in [0.1, 0.15) is 51.4 Å². The average Bonchev–Trinajstić information content (AvgIpc) is 2.33. The molecular formula is C14H26N2O2. The predicted octanol–water partition coefficient (Wildman–Crippen LogP) is 1.67. The van der Waals surface area contributed by atoms with Gasteiger partial charge in [-0.1, -0.05) is 12.8 Å². The highest BCUT2D eigenvalue weighted by molar-refractivity contribution is 5.77. The molecule has 0 aliphatic heterocycles. The van der Waals surface area contributed by atoms with E-state index in [2.05, 4.69) is 0 Å². The van der Waals surface area contributed by atoms with Crippen LogP contribution in [-0.4, -0.2) is 42.6 Å². The van der Waals surface area contributed by atoms with Crippen molar-refractivity contribution in [1.82, 2.24) is 4.90 Å². The molecule has 0 saturated heterocycles. The van der Waals surface area contributed by atoms with Crippen molar-refractivity contribution in [2.45, 2.75) is 69.1 Å². The van der Waals surface area contributed by atoms with E-state index in [1.165, 1.54) is 19.3 Å². The molecule has 4 heteroatoms. The van der Waals surface area contributed by atoms with Gasteiger partial charge in [-0.25, -0.2) is 0 Å². The summed E-state index contributed by atoms with van der Waals surface area (Å²) >= 11 is 0. The fraction of sp³-hybridized carbons (Fsp3) is 0.929. The number of hydrogen-bond donors (Lipinski definition) is 1. The van der Waals surface area contributed by atoms with Crippen LogP contribution in [0, 0.1) is 0 Å². The van der Waals surface area contributed by atoms with E-state index >= 15 is 0 Å². The molecule has 2 atom stereocenters. The van der Waals surface area contributed by atoms with Crippen LogP contribution in [0.5, 0.6) is 0 Å². The Labute approximate surface area is 110 Å². The van der Waals surface area contributed by atoms with Gasteiger partial charge in [-0.05, 0) is 32.1 Å². The van der Waals surface area contributed by atoms with Gasteiger partial charge in [-0.15, -0.1) is 0 Å². The molecular weight excluding hydrogens is 228 g/mol. The number of rotatable bonds is 4. The lowest BCUT2D eigenvalue weighted by molar-refractivity contribution is -0.145. The first-order valence-electron chi connectivity index (χ1n) is 7.14. The Kier molecular flexibility index (Phi) is 4.28. The molecule has 0 bridgehead atoms. The van der Waals surface area contributed by atoms with Crippen LogP contribution in [-0.2, 0) is 9.53 Å². The highest BCUT2D eigenvalue weighted by atomic mass is 16.5. The maximum Gasteiger partial charge on any atom is 0.225 e. The number of carbonyl (C=O) groups excluding carboxylic acids is 1. The average molecular weight is 254 g/mol. The Morgan fingerprint density at radius 3 is 2.50 bits per heavy atom. The molecule has 18 heavy (non-hydrogen) atoms. The van der Waals surface area contributed by atoms with Crippen LogP contribution in [0.3, 0.4) is 0 Å². The fourth-order valence-electron chi connectivity index (χ4n) is 3.23. The minimum Gasteiger partial charge on any atom is -0.378 e. The van der Waals surface area contributed by atoms with Crippen LogP contribution in [0.4, 0.5) is 0 Å². The minimum atomic E-state index is -0.176. The zero-order valence-electron chi connectivity index (χ0n) is 11.7. The van der Waals surface area contributed by atoms with Gasteiger partial charge in [-0.2, -0.15) is 0 Å². The third-order valence-electron chi connectivity index (χ3n) is 4.84. The van der Waals surface area contributed by atoms with Crippen molar-refractivity contribution < 1.29 is 9.53 Å². The molecule has 0 aromatic carbocycles. The van der Waals surface area contributed by atoms with Gasteiger partial charge in [-0.3, -0.25) is 4.79 Å². The number of nitrogens with zero attached hydrogens (tertiary/aromatic N) is 1. The molecule has 4 nitrogen and oxygen atoms in total. The van der Waals surface area contributed by atoms with Crippen molar-refractivity contribution in [3.63, 3.8) is 0 Å². The van der Waals surface area contributed by atoms with Gasteiger partial charge in [0, 0.05) is 26.2 Å². The van der Waals surface area contributed by atoms with Crippen LogP contribution in [0.15, 0.2) is 0 Å². The van der Waals surface area contributed by atoms with Crippen molar-refractivity contribution in [3.05, 3.63) is 0 Å². The number of amides is 1. The molecule has 2 unspecified atom stereocenters.